The first-order valence-corrected chi connectivity index (χ1v) is 7.39. The van der Waals surface area contributed by atoms with Crippen LogP contribution in [-0.2, 0) is 6.42 Å². The number of hydrogen-bond donors (Lipinski definition) is 2. The summed E-state index contributed by atoms with van der Waals surface area (Å²) in [5.41, 5.74) is 0.366. The number of ether oxygens (including phenoxy) is 1. The van der Waals surface area contributed by atoms with Crippen molar-refractivity contribution in [1.82, 2.24) is 10.2 Å². The third kappa shape index (κ3) is 5.02. The summed E-state index contributed by atoms with van der Waals surface area (Å²) in [5, 5.41) is 11.9. The van der Waals surface area contributed by atoms with Crippen molar-refractivity contribution >= 4 is 6.03 Å². The number of halogens is 3. The maximum absolute atomic E-state index is 12.3. The van der Waals surface area contributed by atoms with Gasteiger partial charge in [-0.3, -0.25) is 0 Å². The monoisotopic (exact) mass is 332 g/mol. The van der Waals surface area contributed by atoms with Crippen LogP contribution in [0.3, 0.4) is 0 Å². The first-order chi connectivity index (χ1) is 10.9. The molecular weight excluding hydrogens is 313 g/mol. The molecule has 1 unspecified atom stereocenters. The molecule has 1 atom stereocenters. The molecule has 5 nitrogen and oxygen atoms in total. The molecule has 0 spiro atoms. The Morgan fingerprint density at radius 2 is 2.13 bits per heavy atom. The Morgan fingerprint density at radius 3 is 2.83 bits per heavy atom. The van der Waals surface area contributed by atoms with Crippen molar-refractivity contribution in [2.45, 2.75) is 31.7 Å². The normalized spacial score (nSPS) is 18.1. The largest absolute Gasteiger partial charge is 0.573 e. The predicted molar refractivity (Wildman–Crippen MR) is 77.0 cm³/mol. The van der Waals surface area contributed by atoms with Crippen molar-refractivity contribution in [2.24, 2.45) is 0 Å². The van der Waals surface area contributed by atoms with E-state index in [-0.39, 0.29) is 37.4 Å². The molecule has 1 aromatic carbocycles. The number of amides is 2. The minimum atomic E-state index is -4.75. The van der Waals surface area contributed by atoms with Gasteiger partial charge in [-0.2, -0.15) is 0 Å². The Balaban J connectivity index is 1.88. The number of hydrogen-bond acceptors (Lipinski definition) is 3. The van der Waals surface area contributed by atoms with Gasteiger partial charge in [0, 0.05) is 13.1 Å². The number of aliphatic hydroxyl groups excluding tert-OH is 1. The van der Waals surface area contributed by atoms with Crippen LogP contribution >= 0.6 is 0 Å². The van der Waals surface area contributed by atoms with E-state index in [4.69, 9.17) is 0 Å². The second-order valence-corrected chi connectivity index (χ2v) is 5.31. The highest BCUT2D eigenvalue weighted by molar-refractivity contribution is 5.74. The van der Waals surface area contributed by atoms with Gasteiger partial charge < -0.3 is 20.1 Å². The Hall–Kier alpha value is -1.96. The summed E-state index contributed by atoms with van der Waals surface area (Å²) < 4.78 is 41.0. The van der Waals surface area contributed by atoms with Gasteiger partial charge in [-0.25, -0.2) is 4.79 Å². The standard InChI is InChI=1S/C15H19F3N2O3/c16-15(17,18)23-13-6-2-1-4-11(13)7-8-19-14(22)20-9-3-5-12(20)10-21/h1-2,4,6,12,21H,3,5,7-10H2,(H,19,22). The van der Waals surface area contributed by atoms with E-state index in [1.54, 1.807) is 11.0 Å². The van der Waals surface area contributed by atoms with Gasteiger partial charge in [0.1, 0.15) is 5.75 Å². The van der Waals surface area contributed by atoms with E-state index in [0.717, 1.165) is 12.8 Å². The zero-order chi connectivity index (χ0) is 16.9. The van der Waals surface area contributed by atoms with E-state index in [1.165, 1.54) is 18.2 Å². The zero-order valence-electron chi connectivity index (χ0n) is 12.5. The van der Waals surface area contributed by atoms with E-state index in [0.29, 0.717) is 12.1 Å². The third-order valence-corrected chi connectivity index (χ3v) is 3.72. The molecule has 1 saturated heterocycles. The van der Waals surface area contributed by atoms with Gasteiger partial charge in [-0.05, 0) is 30.9 Å². The van der Waals surface area contributed by atoms with E-state index >= 15 is 0 Å². The summed E-state index contributed by atoms with van der Waals surface area (Å²) >= 11 is 0. The number of para-hydroxylation sites is 1. The number of carbonyl (C=O) groups excluding carboxylic acids is 1. The van der Waals surface area contributed by atoms with E-state index in [1.807, 2.05) is 0 Å². The van der Waals surface area contributed by atoms with Crippen LogP contribution in [0.15, 0.2) is 24.3 Å². The van der Waals surface area contributed by atoms with Crippen LogP contribution in [0, 0.1) is 0 Å². The highest BCUT2D eigenvalue weighted by Gasteiger charge is 2.32. The van der Waals surface area contributed by atoms with Crippen molar-refractivity contribution in [2.75, 3.05) is 19.7 Å². The molecule has 23 heavy (non-hydrogen) atoms. The van der Waals surface area contributed by atoms with Crippen molar-refractivity contribution < 1.29 is 27.8 Å². The molecule has 2 amide bonds. The van der Waals surface area contributed by atoms with Gasteiger partial charge in [-0.1, -0.05) is 18.2 Å². The van der Waals surface area contributed by atoms with E-state index in [9.17, 15) is 23.1 Å². The van der Waals surface area contributed by atoms with Crippen molar-refractivity contribution in [1.29, 1.82) is 0 Å². The minimum Gasteiger partial charge on any atom is -0.406 e. The molecule has 1 aliphatic rings. The fraction of sp³-hybridized carbons (Fsp3) is 0.533. The summed E-state index contributed by atoms with van der Waals surface area (Å²) in [6, 6.07) is 5.35. The average molecular weight is 332 g/mol. The van der Waals surface area contributed by atoms with Gasteiger partial charge in [0.05, 0.1) is 12.6 Å². The maximum atomic E-state index is 12.3. The van der Waals surface area contributed by atoms with Crippen molar-refractivity contribution in [3.05, 3.63) is 29.8 Å². The first kappa shape index (κ1) is 17.4. The number of nitrogens with one attached hydrogen (secondary N) is 1. The second-order valence-electron chi connectivity index (χ2n) is 5.31. The quantitative estimate of drug-likeness (QED) is 0.870. The Kier molecular flexibility index (Phi) is 5.70. The Bertz CT molecular complexity index is 537. The van der Waals surface area contributed by atoms with Gasteiger partial charge in [-0.15, -0.1) is 13.2 Å². The number of likely N-dealkylation sites (tertiary alicyclic amines) is 1. The lowest BCUT2D eigenvalue weighted by molar-refractivity contribution is -0.274. The predicted octanol–water partition coefficient (Wildman–Crippen LogP) is 2.29. The number of rotatable bonds is 5. The van der Waals surface area contributed by atoms with Crippen molar-refractivity contribution in [3.8, 4) is 5.75 Å². The second kappa shape index (κ2) is 7.54. The van der Waals surface area contributed by atoms with E-state index in [2.05, 4.69) is 10.1 Å². The number of carbonyl (C=O) groups is 1. The first-order valence-electron chi connectivity index (χ1n) is 7.39. The van der Waals surface area contributed by atoms with Gasteiger partial charge in [0.15, 0.2) is 0 Å². The summed E-state index contributed by atoms with van der Waals surface area (Å²) in [6.07, 6.45) is -2.94. The van der Waals surface area contributed by atoms with Crippen LogP contribution in [-0.4, -0.2) is 48.1 Å². The van der Waals surface area contributed by atoms with Crippen LogP contribution in [0.4, 0.5) is 18.0 Å². The molecule has 0 aliphatic carbocycles. The molecular formula is C15H19F3N2O3. The van der Waals surface area contributed by atoms with Gasteiger partial charge in [0.2, 0.25) is 0 Å². The van der Waals surface area contributed by atoms with Crippen LogP contribution < -0.4 is 10.1 Å². The number of nitrogens with zero attached hydrogens (tertiary/aromatic N) is 1. The lowest BCUT2D eigenvalue weighted by Gasteiger charge is -2.23. The van der Waals surface area contributed by atoms with Crippen LogP contribution in [0.5, 0.6) is 5.75 Å². The molecule has 0 bridgehead atoms. The smallest absolute Gasteiger partial charge is 0.406 e. The van der Waals surface area contributed by atoms with Crippen LogP contribution in [0.1, 0.15) is 18.4 Å². The number of urea groups is 1. The van der Waals surface area contributed by atoms with Gasteiger partial charge >= 0.3 is 12.4 Å². The molecule has 128 valence electrons. The Labute approximate surface area is 132 Å². The molecule has 0 radical (unpaired) electrons. The lowest BCUT2D eigenvalue weighted by Crippen LogP contribution is -2.44. The molecule has 0 aromatic heterocycles. The molecule has 1 fully saturated rings. The molecule has 1 aliphatic heterocycles. The summed E-state index contributed by atoms with van der Waals surface area (Å²) in [7, 11) is 0. The van der Waals surface area contributed by atoms with Crippen molar-refractivity contribution in [3.63, 3.8) is 0 Å². The molecule has 8 heteroatoms. The maximum Gasteiger partial charge on any atom is 0.573 e. The topological polar surface area (TPSA) is 61.8 Å². The highest BCUT2D eigenvalue weighted by Crippen LogP contribution is 2.26. The number of aliphatic hydroxyl groups is 1. The van der Waals surface area contributed by atoms with Crippen LogP contribution in [0.25, 0.3) is 0 Å². The van der Waals surface area contributed by atoms with E-state index < -0.39 is 6.36 Å². The SMILES string of the molecule is O=C(NCCc1ccccc1OC(F)(F)F)N1CCCC1CO. The number of alkyl halides is 3. The lowest BCUT2D eigenvalue weighted by atomic mass is 10.1. The zero-order valence-corrected chi connectivity index (χ0v) is 12.5. The fourth-order valence-corrected chi connectivity index (χ4v) is 2.63. The van der Waals surface area contributed by atoms with Crippen LogP contribution in [0.2, 0.25) is 0 Å². The molecule has 1 aromatic rings. The summed E-state index contributed by atoms with van der Waals surface area (Å²) in [4.78, 5) is 13.6. The Morgan fingerprint density at radius 1 is 1.39 bits per heavy atom. The molecule has 2 rings (SSSR count). The number of benzene rings is 1. The highest BCUT2D eigenvalue weighted by atomic mass is 19.4. The third-order valence-electron chi connectivity index (χ3n) is 3.72. The molecule has 0 saturated carbocycles. The summed E-state index contributed by atoms with van der Waals surface area (Å²) in [5.74, 6) is -0.261. The molecule has 1 heterocycles. The molecule has 2 N–H and O–H groups in total. The summed E-state index contributed by atoms with van der Waals surface area (Å²) in [6.45, 7) is 0.673. The average Bonchev–Trinajstić information content (AvgIpc) is 2.96. The van der Waals surface area contributed by atoms with Gasteiger partial charge in [0.25, 0.3) is 0 Å². The fourth-order valence-electron chi connectivity index (χ4n) is 2.63. The minimum absolute atomic E-state index is 0.0876.